The Morgan fingerprint density at radius 1 is 1.35 bits per heavy atom. The first-order valence-electron chi connectivity index (χ1n) is 8.28. The molecule has 0 spiro atoms. The van der Waals surface area contributed by atoms with Gasteiger partial charge in [0, 0.05) is 38.1 Å². The summed E-state index contributed by atoms with van der Waals surface area (Å²) in [5.74, 6) is 0.822. The molecule has 0 radical (unpaired) electrons. The van der Waals surface area contributed by atoms with Gasteiger partial charge < -0.3 is 19.3 Å². The van der Waals surface area contributed by atoms with Crippen LogP contribution in [-0.2, 0) is 0 Å². The summed E-state index contributed by atoms with van der Waals surface area (Å²) in [7, 11) is 0. The summed E-state index contributed by atoms with van der Waals surface area (Å²) in [5, 5.41) is 10.2. The van der Waals surface area contributed by atoms with E-state index in [1.807, 2.05) is 49.9 Å². The number of hydrogen-bond donors (Lipinski definition) is 1. The molecule has 23 heavy (non-hydrogen) atoms. The molecule has 0 bridgehead atoms. The Morgan fingerprint density at radius 3 is 2.87 bits per heavy atom. The van der Waals surface area contributed by atoms with Crippen molar-refractivity contribution in [3.05, 3.63) is 48.5 Å². The van der Waals surface area contributed by atoms with Crippen molar-refractivity contribution in [1.29, 1.82) is 0 Å². The lowest BCUT2D eigenvalue weighted by Crippen LogP contribution is -2.41. The van der Waals surface area contributed by atoms with E-state index in [0.29, 0.717) is 19.2 Å². The van der Waals surface area contributed by atoms with Gasteiger partial charge in [-0.25, -0.2) is 4.98 Å². The van der Waals surface area contributed by atoms with Crippen LogP contribution in [0.15, 0.2) is 43.0 Å². The molecule has 0 aliphatic carbocycles. The van der Waals surface area contributed by atoms with Crippen LogP contribution in [0.3, 0.4) is 0 Å². The molecule has 1 aliphatic heterocycles. The van der Waals surface area contributed by atoms with Gasteiger partial charge in [0.05, 0.1) is 6.33 Å². The molecule has 0 saturated carbocycles. The fourth-order valence-corrected chi connectivity index (χ4v) is 3.13. The molecular weight excluding hydrogens is 290 g/mol. The van der Waals surface area contributed by atoms with Gasteiger partial charge in [-0.2, -0.15) is 0 Å². The molecular formula is C18H25N3O2. The zero-order chi connectivity index (χ0) is 16.1. The van der Waals surface area contributed by atoms with E-state index < -0.39 is 6.10 Å². The lowest BCUT2D eigenvalue weighted by atomic mass is 10.0. The predicted molar refractivity (Wildman–Crippen MR) is 89.6 cm³/mol. The van der Waals surface area contributed by atoms with Crippen molar-refractivity contribution < 1.29 is 9.84 Å². The fraction of sp³-hybridized carbons (Fsp3) is 0.500. The maximum atomic E-state index is 10.2. The summed E-state index contributed by atoms with van der Waals surface area (Å²) in [6.45, 7) is 5.05. The third-order valence-corrected chi connectivity index (χ3v) is 4.40. The predicted octanol–water partition coefficient (Wildman–Crippen LogP) is 2.27. The van der Waals surface area contributed by atoms with Crippen molar-refractivity contribution in [3.8, 4) is 5.75 Å². The molecule has 1 aromatic heterocycles. The highest BCUT2D eigenvalue weighted by Crippen LogP contribution is 2.22. The second-order valence-electron chi connectivity index (χ2n) is 6.32. The van der Waals surface area contributed by atoms with E-state index >= 15 is 0 Å². The van der Waals surface area contributed by atoms with E-state index in [1.165, 1.54) is 5.56 Å². The number of β-amino-alcohol motifs (C(OH)–C–C–N with tert-alkyl or cyclic N) is 1. The number of aliphatic hydroxyl groups excluding tert-OH is 1. The Bertz CT molecular complexity index is 592. The number of aliphatic hydroxyl groups is 1. The number of aromatic nitrogens is 2. The third kappa shape index (κ3) is 4.56. The second-order valence-corrected chi connectivity index (χ2v) is 6.32. The van der Waals surface area contributed by atoms with E-state index in [2.05, 4.69) is 14.5 Å². The van der Waals surface area contributed by atoms with Crippen molar-refractivity contribution in [2.75, 3.05) is 26.2 Å². The van der Waals surface area contributed by atoms with Crippen LogP contribution in [0.5, 0.6) is 5.75 Å². The van der Waals surface area contributed by atoms with Crippen LogP contribution in [0.1, 0.15) is 24.4 Å². The SMILES string of the molecule is Cc1cccc(OCC(O)CN2CCC(n3ccnc3)CC2)c1. The number of hydrogen-bond acceptors (Lipinski definition) is 4. The number of likely N-dealkylation sites (tertiary alicyclic amines) is 1. The minimum atomic E-state index is -0.458. The van der Waals surface area contributed by atoms with Gasteiger partial charge in [-0.15, -0.1) is 0 Å². The monoisotopic (exact) mass is 315 g/mol. The normalized spacial score (nSPS) is 18.0. The lowest BCUT2D eigenvalue weighted by Gasteiger charge is -2.33. The summed E-state index contributed by atoms with van der Waals surface area (Å²) in [5.41, 5.74) is 1.17. The largest absolute Gasteiger partial charge is 0.491 e. The zero-order valence-electron chi connectivity index (χ0n) is 13.6. The molecule has 1 unspecified atom stereocenters. The Morgan fingerprint density at radius 2 is 2.17 bits per heavy atom. The summed E-state index contributed by atoms with van der Waals surface area (Å²) in [6.07, 6.45) is 7.50. The number of piperidine rings is 1. The summed E-state index contributed by atoms with van der Waals surface area (Å²) >= 11 is 0. The first-order chi connectivity index (χ1) is 11.2. The molecule has 0 amide bonds. The van der Waals surface area contributed by atoms with Crippen LogP contribution in [0.25, 0.3) is 0 Å². The smallest absolute Gasteiger partial charge is 0.119 e. The molecule has 1 fully saturated rings. The molecule has 5 nitrogen and oxygen atoms in total. The number of aryl methyl sites for hydroxylation is 1. The van der Waals surface area contributed by atoms with Crippen LogP contribution < -0.4 is 4.74 Å². The Kier molecular flexibility index (Phi) is 5.31. The van der Waals surface area contributed by atoms with Crippen LogP contribution in [0.4, 0.5) is 0 Å². The van der Waals surface area contributed by atoms with Gasteiger partial charge in [0.25, 0.3) is 0 Å². The Balaban J connectivity index is 1.40. The van der Waals surface area contributed by atoms with Gasteiger partial charge >= 0.3 is 0 Å². The fourth-order valence-electron chi connectivity index (χ4n) is 3.13. The topological polar surface area (TPSA) is 50.5 Å². The third-order valence-electron chi connectivity index (χ3n) is 4.40. The van der Waals surface area contributed by atoms with Crippen molar-refractivity contribution in [3.63, 3.8) is 0 Å². The van der Waals surface area contributed by atoms with Crippen LogP contribution >= 0.6 is 0 Å². The minimum absolute atomic E-state index is 0.338. The van der Waals surface area contributed by atoms with Crippen molar-refractivity contribution in [2.45, 2.75) is 31.9 Å². The van der Waals surface area contributed by atoms with E-state index in [-0.39, 0.29) is 0 Å². The molecule has 2 aromatic rings. The summed E-state index contributed by atoms with van der Waals surface area (Å²) in [4.78, 5) is 6.43. The maximum absolute atomic E-state index is 10.2. The van der Waals surface area contributed by atoms with Gasteiger partial charge in [0.1, 0.15) is 18.5 Å². The minimum Gasteiger partial charge on any atom is -0.491 e. The number of imidazole rings is 1. The van der Waals surface area contributed by atoms with Crippen molar-refractivity contribution >= 4 is 0 Å². The molecule has 2 heterocycles. The highest BCUT2D eigenvalue weighted by Gasteiger charge is 2.21. The van der Waals surface area contributed by atoms with Gasteiger partial charge in [0.15, 0.2) is 0 Å². The second kappa shape index (κ2) is 7.62. The molecule has 1 saturated heterocycles. The molecule has 3 rings (SSSR count). The Labute approximate surface area is 137 Å². The van der Waals surface area contributed by atoms with E-state index in [0.717, 1.165) is 31.7 Å². The number of rotatable bonds is 6. The van der Waals surface area contributed by atoms with Crippen molar-refractivity contribution in [1.82, 2.24) is 14.5 Å². The highest BCUT2D eigenvalue weighted by atomic mass is 16.5. The number of benzene rings is 1. The molecule has 1 N–H and O–H groups in total. The van der Waals surface area contributed by atoms with E-state index in [1.54, 1.807) is 0 Å². The van der Waals surface area contributed by atoms with Crippen LogP contribution in [-0.4, -0.2) is 51.9 Å². The zero-order valence-corrected chi connectivity index (χ0v) is 13.6. The molecule has 1 atom stereocenters. The first kappa shape index (κ1) is 16.0. The highest BCUT2D eigenvalue weighted by molar-refractivity contribution is 5.27. The van der Waals surface area contributed by atoms with Gasteiger partial charge in [-0.05, 0) is 37.5 Å². The van der Waals surface area contributed by atoms with Gasteiger partial charge in [-0.3, -0.25) is 0 Å². The first-order valence-corrected chi connectivity index (χ1v) is 8.28. The van der Waals surface area contributed by atoms with Crippen molar-refractivity contribution in [2.24, 2.45) is 0 Å². The average Bonchev–Trinajstić information content (AvgIpc) is 3.08. The summed E-state index contributed by atoms with van der Waals surface area (Å²) in [6, 6.07) is 8.46. The van der Waals surface area contributed by atoms with Gasteiger partial charge in [-0.1, -0.05) is 12.1 Å². The lowest BCUT2D eigenvalue weighted by molar-refractivity contribution is 0.0558. The molecule has 1 aromatic carbocycles. The number of nitrogens with zero attached hydrogens (tertiary/aromatic N) is 3. The standard InChI is InChI=1S/C18H25N3O2/c1-15-3-2-4-18(11-15)23-13-17(22)12-20-8-5-16(6-9-20)21-10-7-19-14-21/h2-4,7,10-11,14,16-17,22H,5-6,8-9,12-13H2,1H3. The van der Waals surface area contributed by atoms with Crippen LogP contribution in [0, 0.1) is 6.92 Å². The molecule has 5 heteroatoms. The van der Waals surface area contributed by atoms with E-state index in [4.69, 9.17) is 4.74 Å². The number of ether oxygens (including phenoxy) is 1. The molecule has 1 aliphatic rings. The van der Waals surface area contributed by atoms with Crippen LogP contribution in [0.2, 0.25) is 0 Å². The molecule has 124 valence electrons. The van der Waals surface area contributed by atoms with E-state index in [9.17, 15) is 5.11 Å². The Hall–Kier alpha value is -1.85. The summed E-state index contributed by atoms with van der Waals surface area (Å²) < 4.78 is 7.87. The maximum Gasteiger partial charge on any atom is 0.119 e. The quantitative estimate of drug-likeness (QED) is 0.888. The average molecular weight is 315 g/mol. The van der Waals surface area contributed by atoms with Gasteiger partial charge in [0.2, 0.25) is 0 Å².